The van der Waals surface area contributed by atoms with E-state index in [1.807, 2.05) is 19.1 Å². The first kappa shape index (κ1) is 10.5. The average Bonchev–Trinajstić information content (AvgIpc) is 2.72. The van der Waals surface area contributed by atoms with E-state index in [2.05, 4.69) is 9.97 Å². The van der Waals surface area contributed by atoms with Crippen LogP contribution in [0.3, 0.4) is 0 Å². The molecular weight excluding hydrogens is 232 g/mol. The number of rotatable bonds is 3. The van der Waals surface area contributed by atoms with Gasteiger partial charge in [-0.15, -0.1) is 0 Å². The number of halogens is 1. The van der Waals surface area contributed by atoms with Gasteiger partial charge in [0.2, 0.25) is 5.28 Å². The Kier molecular flexibility index (Phi) is 3.28. The number of aryl methyl sites for hydroxylation is 1. The SMILES string of the molecule is Cc1cnc(Cl)nc1SCc1ccco1. The van der Waals surface area contributed by atoms with Crippen LogP contribution < -0.4 is 0 Å². The van der Waals surface area contributed by atoms with Crippen LogP contribution in [0.25, 0.3) is 0 Å². The fraction of sp³-hybridized carbons (Fsp3) is 0.200. The summed E-state index contributed by atoms with van der Waals surface area (Å²) in [4.78, 5) is 8.05. The molecule has 2 aromatic rings. The summed E-state index contributed by atoms with van der Waals surface area (Å²) in [5.41, 5.74) is 1.02. The maximum Gasteiger partial charge on any atom is 0.223 e. The first-order valence-electron chi connectivity index (χ1n) is 4.40. The third-order valence-electron chi connectivity index (χ3n) is 1.83. The summed E-state index contributed by atoms with van der Waals surface area (Å²) in [5, 5.41) is 1.17. The van der Waals surface area contributed by atoms with E-state index in [1.165, 1.54) is 0 Å². The maximum absolute atomic E-state index is 5.72. The summed E-state index contributed by atoms with van der Waals surface area (Å²) in [6.45, 7) is 1.96. The monoisotopic (exact) mass is 240 g/mol. The Hall–Kier alpha value is -1.00. The topological polar surface area (TPSA) is 38.9 Å². The minimum absolute atomic E-state index is 0.280. The maximum atomic E-state index is 5.72. The van der Waals surface area contributed by atoms with Gasteiger partial charge in [-0.1, -0.05) is 11.8 Å². The molecule has 0 spiro atoms. The number of hydrogen-bond acceptors (Lipinski definition) is 4. The van der Waals surface area contributed by atoms with Crippen LogP contribution in [0.4, 0.5) is 0 Å². The summed E-state index contributed by atoms with van der Waals surface area (Å²) in [7, 11) is 0. The molecule has 0 amide bonds. The molecule has 78 valence electrons. The molecule has 0 aromatic carbocycles. The highest BCUT2D eigenvalue weighted by Crippen LogP contribution is 2.24. The second-order valence-electron chi connectivity index (χ2n) is 3.00. The van der Waals surface area contributed by atoms with Crippen molar-refractivity contribution in [2.75, 3.05) is 0 Å². The molecule has 5 heteroatoms. The third-order valence-corrected chi connectivity index (χ3v) is 3.12. The second-order valence-corrected chi connectivity index (χ2v) is 4.30. The zero-order valence-corrected chi connectivity index (χ0v) is 9.68. The molecule has 0 atom stereocenters. The average molecular weight is 241 g/mol. The van der Waals surface area contributed by atoms with E-state index in [0.717, 1.165) is 22.1 Å². The second kappa shape index (κ2) is 4.68. The minimum Gasteiger partial charge on any atom is -0.468 e. The Balaban J connectivity index is 2.07. The van der Waals surface area contributed by atoms with Gasteiger partial charge in [-0.2, -0.15) is 0 Å². The fourth-order valence-corrected chi connectivity index (χ4v) is 2.14. The predicted molar refractivity (Wildman–Crippen MR) is 60.0 cm³/mol. The van der Waals surface area contributed by atoms with Crippen molar-refractivity contribution < 1.29 is 4.42 Å². The Morgan fingerprint density at radius 1 is 1.53 bits per heavy atom. The summed E-state index contributed by atoms with van der Waals surface area (Å²) in [6, 6.07) is 3.81. The first-order valence-corrected chi connectivity index (χ1v) is 5.76. The zero-order chi connectivity index (χ0) is 10.7. The molecule has 0 fully saturated rings. The van der Waals surface area contributed by atoms with E-state index in [9.17, 15) is 0 Å². The van der Waals surface area contributed by atoms with Crippen LogP contribution in [0, 0.1) is 6.92 Å². The van der Waals surface area contributed by atoms with E-state index in [-0.39, 0.29) is 5.28 Å². The summed E-state index contributed by atoms with van der Waals surface area (Å²) in [5.74, 6) is 1.68. The van der Waals surface area contributed by atoms with Gasteiger partial charge >= 0.3 is 0 Å². The number of furan rings is 1. The van der Waals surface area contributed by atoms with Gasteiger partial charge in [0, 0.05) is 6.20 Å². The predicted octanol–water partition coefficient (Wildman–Crippen LogP) is 3.32. The van der Waals surface area contributed by atoms with Crippen molar-refractivity contribution in [3.8, 4) is 0 Å². The normalized spacial score (nSPS) is 10.5. The first-order chi connectivity index (χ1) is 7.25. The Bertz CT molecular complexity index is 445. The molecule has 0 aliphatic carbocycles. The molecule has 0 bridgehead atoms. The smallest absolute Gasteiger partial charge is 0.223 e. The largest absolute Gasteiger partial charge is 0.468 e. The van der Waals surface area contributed by atoms with Crippen LogP contribution in [0.1, 0.15) is 11.3 Å². The molecule has 15 heavy (non-hydrogen) atoms. The quantitative estimate of drug-likeness (QED) is 0.469. The number of thioether (sulfide) groups is 1. The van der Waals surface area contributed by atoms with Crippen LogP contribution in [-0.4, -0.2) is 9.97 Å². The van der Waals surface area contributed by atoms with Gasteiger partial charge in [0.25, 0.3) is 0 Å². The van der Waals surface area contributed by atoms with E-state index in [4.69, 9.17) is 16.0 Å². The number of hydrogen-bond donors (Lipinski definition) is 0. The third kappa shape index (κ3) is 2.73. The van der Waals surface area contributed by atoms with Crippen molar-refractivity contribution in [1.29, 1.82) is 0 Å². The molecule has 2 aromatic heterocycles. The Morgan fingerprint density at radius 3 is 3.13 bits per heavy atom. The standard InChI is InChI=1S/C10H9ClN2OS/c1-7-5-12-10(11)13-9(7)15-6-8-3-2-4-14-8/h2-5H,6H2,1H3. The van der Waals surface area contributed by atoms with Crippen molar-refractivity contribution >= 4 is 23.4 Å². The van der Waals surface area contributed by atoms with E-state index >= 15 is 0 Å². The molecule has 0 N–H and O–H groups in total. The zero-order valence-electron chi connectivity index (χ0n) is 8.11. The Labute approximate surface area is 96.9 Å². The van der Waals surface area contributed by atoms with Crippen LogP contribution in [0.5, 0.6) is 0 Å². The van der Waals surface area contributed by atoms with Crippen LogP contribution in [-0.2, 0) is 5.75 Å². The van der Waals surface area contributed by atoms with Crippen molar-refractivity contribution in [2.24, 2.45) is 0 Å². The molecule has 0 aliphatic heterocycles. The van der Waals surface area contributed by atoms with Gasteiger partial charge in [-0.25, -0.2) is 9.97 Å². The Morgan fingerprint density at radius 2 is 2.40 bits per heavy atom. The lowest BCUT2D eigenvalue weighted by molar-refractivity contribution is 0.530. The lowest BCUT2D eigenvalue weighted by Gasteiger charge is -2.02. The minimum atomic E-state index is 0.280. The van der Waals surface area contributed by atoms with Crippen molar-refractivity contribution in [2.45, 2.75) is 17.7 Å². The van der Waals surface area contributed by atoms with Gasteiger partial charge in [-0.05, 0) is 36.2 Å². The van der Waals surface area contributed by atoms with Gasteiger partial charge in [-0.3, -0.25) is 0 Å². The van der Waals surface area contributed by atoms with Crippen LogP contribution >= 0.6 is 23.4 Å². The lowest BCUT2D eigenvalue weighted by atomic mass is 10.4. The van der Waals surface area contributed by atoms with Crippen molar-refractivity contribution in [1.82, 2.24) is 9.97 Å². The summed E-state index contributed by atoms with van der Waals surface area (Å²) >= 11 is 7.31. The van der Waals surface area contributed by atoms with Gasteiger partial charge in [0.1, 0.15) is 10.8 Å². The lowest BCUT2D eigenvalue weighted by Crippen LogP contribution is -1.89. The van der Waals surface area contributed by atoms with Crippen LogP contribution in [0.15, 0.2) is 34.0 Å². The molecule has 0 saturated heterocycles. The fourth-order valence-electron chi connectivity index (χ4n) is 1.09. The highest BCUT2D eigenvalue weighted by Gasteiger charge is 2.04. The van der Waals surface area contributed by atoms with E-state index in [0.29, 0.717) is 0 Å². The highest BCUT2D eigenvalue weighted by atomic mass is 35.5. The van der Waals surface area contributed by atoms with Gasteiger partial charge in [0.15, 0.2) is 0 Å². The molecular formula is C10H9ClN2OS. The van der Waals surface area contributed by atoms with E-state index < -0.39 is 0 Å². The van der Waals surface area contributed by atoms with Crippen molar-refractivity contribution in [3.05, 3.63) is 41.2 Å². The molecule has 0 radical (unpaired) electrons. The molecule has 2 rings (SSSR count). The number of aromatic nitrogens is 2. The molecule has 0 unspecified atom stereocenters. The molecule has 0 saturated carbocycles. The van der Waals surface area contributed by atoms with Gasteiger partial charge in [0.05, 0.1) is 12.0 Å². The molecule has 2 heterocycles. The molecule has 3 nitrogen and oxygen atoms in total. The van der Waals surface area contributed by atoms with Crippen LogP contribution in [0.2, 0.25) is 5.28 Å². The molecule has 0 aliphatic rings. The van der Waals surface area contributed by atoms with Gasteiger partial charge < -0.3 is 4.42 Å². The van der Waals surface area contributed by atoms with E-state index in [1.54, 1.807) is 24.2 Å². The highest BCUT2D eigenvalue weighted by molar-refractivity contribution is 7.98. The summed E-state index contributed by atoms with van der Waals surface area (Å²) < 4.78 is 5.23. The number of nitrogens with zero attached hydrogens (tertiary/aromatic N) is 2. The van der Waals surface area contributed by atoms with Crippen molar-refractivity contribution in [3.63, 3.8) is 0 Å². The summed E-state index contributed by atoms with van der Waals surface area (Å²) in [6.07, 6.45) is 3.38.